The lowest BCUT2D eigenvalue weighted by Crippen LogP contribution is -2.28. The van der Waals surface area contributed by atoms with Crippen molar-refractivity contribution in [1.29, 1.82) is 0 Å². The Kier molecular flexibility index (Phi) is 8.13. The molecule has 0 atom stereocenters. The molecular formula is C29H28FN7O5S. The van der Waals surface area contributed by atoms with Crippen LogP contribution in [0.2, 0.25) is 0 Å². The van der Waals surface area contributed by atoms with Crippen LogP contribution in [0.5, 0.6) is 5.88 Å². The molecule has 0 amide bonds. The molecule has 0 aliphatic carbocycles. The smallest absolute Gasteiger partial charge is 0.231 e. The number of pyridine rings is 1. The van der Waals surface area contributed by atoms with Crippen LogP contribution in [0, 0.1) is 5.82 Å². The molecule has 0 spiro atoms. The van der Waals surface area contributed by atoms with Crippen molar-refractivity contribution in [2.45, 2.75) is 23.0 Å². The largest absolute Gasteiger partial charge is 0.475 e. The number of aliphatic hydroxyl groups excluding tert-OH is 1. The fourth-order valence-corrected chi connectivity index (χ4v) is 6.43. The van der Waals surface area contributed by atoms with Crippen LogP contribution in [-0.4, -0.2) is 69.7 Å². The fourth-order valence-electron chi connectivity index (χ4n) is 4.72. The zero-order valence-electron chi connectivity index (χ0n) is 22.9. The molecule has 0 saturated carbocycles. The predicted molar refractivity (Wildman–Crippen MR) is 157 cm³/mol. The van der Waals surface area contributed by atoms with Crippen molar-refractivity contribution in [2.75, 3.05) is 37.1 Å². The third-order valence-corrected chi connectivity index (χ3v) is 9.15. The lowest BCUT2D eigenvalue weighted by molar-refractivity contribution is 0.0983. The molecule has 1 saturated heterocycles. The minimum Gasteiger partial charge on any atom is -0.475 e. The summed E-state index contributed by atoms with van der Waals surface area (Å²) in [7, 11) is -3.48. The summed E-state index contributed by atoms with van der Waals surface area (Å²) >= 11 is 0. The van der Waals surface area contributed by atoms with Crippen molar-refractivity contribution in [3.63, 3.8) is 0 Å². The Labute approximate surface area is 246 Å². The molecule has 3 N–H and O–H groups in total. The first-order valence-electron chi connectivity index (χ1n) is 13.6. The SMILES string of the molecule is O=S(=O)(c1ccc(Nc2nc(Nc3ccc(OCCO)nc3)nc3c2ncn3-c2cccc(F)c2)cc1)C1CCOCC1. The number of rotatable bonds is 10. The van der Waals surface area contributed by atoms with Crippen LogP contribution >= 0.6 is 0 Å². The second kappa shape index (κ2) is 12.3. The number of hydrogen-bond acceptors (Lipinski definition) is 11. The van der Waals surface area contributed by atoms with Gasteiger partial charge < -0.3 is 25.2 Å². The second-order valence-electron chi connectivity index (χ2n) is 9.75. The Balaban J connectivity index is 1.33. The van der Waals surface area contributed by atoms with E-state index in [1.807, 2.05) is 0 Å². The average Bonchev–Trinajstić information content (AvgIpc) is 3.46. The van der Waals surface area contributed by atoms with Gasteiger partial charge in [-0.2, -0.15) is 9.97 Å². The average molecular weight is 606 g/mol. The van der Waals surface area contributed by atoms with E-state index in [1.165, 1.54) is 24.7 Å². The lowest BCUT2D eigenvalue weighted by atomic mass is 10.2. The first kappa shape index (κ1) is 28.5. The van der Waals surface area contributed by atoms with E-state index < -0.39 is 20.9 Å². The minimum absolute atomic E-state index is 0.126. The molecule has 14 heteroatoms. The van der Waals surface area contributed by atoms with E-state index in [9.17, 15) is 12.8 Å². The maximum Gasteiger partial charge on any atom is 0.231 e. The highest BCUT2D eigenvalue weighted by Gasteiger charge is 2.29. The van der Waals surface area contributed by atoms with Crippen LogP contribution in [0.25, 0.3) is 16.9 Å². The second-order valence-corrected chi connectivity index (χ2v) is 12.0. The molecule has 0 radical (unpaired) electrons. The van der Waals surface area contributed by atoms with E-state index >= 15 is 0 Å². The van der Waals surface area contributed by atoms with E-state index in [0.29, 0.717) is 66.0 Å². The van der Waals surface area contributed by atoms with Crippen molar-refractivity contribution in [3.05, 3.63) is 79.0 Å². The minimum atomic E-state index is -3.48. The molecule has 3 aromatic heterocycles. The molecule has 0 bridgehead atoms. The fraction of sp³-hybridized carbons (Fsp3) is 0.241. The third kappa shape index (κ3) is 6.26. The Hall–Kier alpha value is -4.66. The quantitative estimate of drug-likeness (QED) is 0.210. The topological polar surface area (TPSA) is 153 Å². The highest BCUT2D eigenvalue weighted by atomic mass is 32.2. The summed E-state index contributed by atoms with van der Waals surface area (Å²) in [5.41, 5.74) is 2.50. The number of sulfone groups is 1. The summed E-state index contributed by atoms with van der Waals surface area (Å²) in [6, 6.07) is 15.9. The molecular weight excluding hydrogens is 577 g/mol. The summed E-state index contributed by atoms with van der Waals surface area (Å²) in [5.74, 6) is 0.497. The number of nitrogens with zero attached hydrogens (tertiary/aromatic N) is 5. The van der Waals surface area contributed by atoms with Gasteiger partial charge in [-0.15, -0.1) is 0 Å². The third-order valence-electron chi connectivity index (χ3n) is 6.87. The highest BCUT2D eigenvalue weighted by Crippen LogP contribution is 2.29. The number of nitrogens with one attached hydrogen (secondary N) is 2. The van der Waals surface area contributed by atoms with Crippen molar-refractivity contribution < 1.29 is 27.4 Å². The Morgan fingerprint density at radius 3 is 2.51 bits per heavy atom. The zero-order chi connectivity index (χ0) is 29.8. The number of benzene rings is 2. The van der Waals surface area contributed by atoms with Crippen LogP contribution in [0.15, 0.2) is 78.1 Å². The van der Waals surface area contributed by atoms with Crippen LogP contribution < -0.4 is 15.4 Å². The summed E-state index contributed by atoms with van der Waals surface area (Å²) in [6.45, 7) is 0.868. The van der Waals surface area contributed by atoms with E-state index in [2.05, 4.69) is 30.6 Å². The number of imidazole rings is 1. The van der Waals surface area contributed by atoms with Gasteiger partial charge in [0.1, 0.15) is 18.8 Å². The van der Waals surface area contributed by atoms with E-state index in [4.69, 9.17) is 14.6 Å². The zero-order valence-corrected chi connectivity index (χ0v) is 23.7. The summed E-state index contributed by atoms with van der Waals surface area (Å²) in [4.78, 5) is 18.2. The van der Waals surface area contributed by atoms with Gasteiger partial charge in [0.25, 0.3) is 0 Å². The van der Waals surface area contributed by atoms with Gasteiger partial charge in [0.05, 0.1) is 34.3 Å². The number of hydrogen-bond donors (Lipinski definition) is 3. The number of aromatic nitrogens is 5. The summed E-state index contributed by atoms with van der Waals surface area (Å²) in [6.07, 6.45) is 4.01. The molecule has 1 fully saturated rings. The Morgan fingerprint density at radius 2 is 1.79 bits per heavy atom. The Bertz CT molecular complexity index is 1830. The monoisotopic (exact) mass is 605 g/mol. The van der Waals surface area contributed by atoms with E-state index in [0.717, 1.165) is 0 Å². The van der Waals surface area contributed by atoms with Gasteiger partial charge >= 0.3 is 0 Å². The number of aliphatic hydroxyl groups is 1. The lowest BCUT2D eigenvalue weighted by Gasteiger charge is -2.22. The summed E-state index contributed by atoms with van der Waals surface area (Å²) < 4.78 is 52.6. The van der Waals surface area contributed by atoms with Gasteiger partial charge in [0.2, 0.25) is 11.8 Å². The maximum atomic E-state index is 14.1. The predicted octanol–water partition coefficient (Wildman–Crippen LogP) is 4.16. The van der Waals surface area contributed by atoms with Crippen LogP contribution in [-0.2, 0) is 14.6 Å². The maximum absolute atomic E-state index is 14.1. The van der Waals surface area contributed by atoms with Gasteiger partial charge in [-0.3, -0.25) is 4.57 Å². The summed E-state index contributed by atoms with van der Waals surface area (Å²) in [5, 5.41) is 14.8. The molecule has 222 valence electrons. The number of fused-ring (bicyclic) bond motifs is 1. The van der Waals surface area contributed by atoms with Gasteiger partial charge in [0.15, 0.2) is 26.8 Å². The standard InChI is InChI=1S/C29H28FN7O5S/c30-19-2-1-3-22(16-19)37-18-32-26-27(33-20-4-7-23(8-5-20)43(39,40)24-10-13-41-14-11-24)35-29(36-28(26)37)34-21-6-9-25(31-17-21)42-15-12-38/h1-9,16-18,24,38H,10-15H2,(H2,33,34,35,36). The van der Waals surface area contributed by atoms with Crippen LogP contribution in [0.4, 0.5) is 27.5 Å². The molecule has 2 aromatic carbocycles. The molecule has 1 aliphatic rings. The molecule has 0 unspecified atom stereocenters. The van der Waals surface area contributed by atoms with Crippen molar-refractivity contribution in [3.8, 4) is 11.6 Å². The van der Waals surface area contributed by atoms with Gasteiger partial charge in [0, 0.05) is 25.0 Å². The first-order valence-corrected chi connectivity index (χ1v) is 15.1. The van der Waals surface area contributed by atoms with Gasteiger partial charge in [-0.1, -0.05) is 6.07 Å². The Morgan fingerprint density at radius 1 is 1.00 bits per heavy atom. The molecule has 5 aromatic rings. The number of halogens is 1. The van der Waals surface area contributed by atoms with Crippen LogP contribution in [0.3, 0.4) is 0 Å². The van der Waals surface area contributed by atoms with Gasteiger partial charge in [-0.25, -0.2) is 22.8 Å². The molecule has 1 aliphatic heterocycles. The van der Waals surface area contributed by atoms with Crippen molar-refractivity contribution in [2.24, 2.45) is 0 Å². The molecule has 43 heavy (non-hydrogen) atoms. The van der Waals surface area contributed by atoms with Crippen LogP contribution in [0.1, 0.15) is 12.8 Å². The van der Waals surface area contributed by atoms with Gasteiger partial charge in [-0.05, 0) is 61.4 Å². The normalized spacial score (nSPS) is 14.1. The molecule has 4 heterocycles. The van der Waals surface area contributed by atoms with E-state index in [1.54, 1.807) is 53.1 Å². The van der Waals surface area contributed by atoms with Crippen molar-refractivity contribution >= 4 is 44.1 Å². The first-order chi connectivity index (χ1) is 20.9. The highest BCUT2D eigenvalue weighted by molar-refractivity contribution is 7.92. The van der Waals surface area contributed by atoms with E-state index in [-0.39, 0.29) is 24.1 Å². The molecule has 12 nitrogen and oxygen atoms in total. The number of ether oxygens (including phenoxy) is 2. The molecule has 6 rings (SSSR count). The van der Waals surface area contributed by atoms with Crippen molar-refractivity contribution in [1.82, 2.24) is 24.5 Å². The number of anilines is 4.